The van der Waals surface area contributed by atoms with Gasteiger partial charge in [0.1, 0.15) is 36.3 Å². The van der Waals surface area contributed by atoms with E-state index in [0.29, 0.717) is 12.8 Å². The Labute approximate surface area is 346 Å². The van der Waals surface area contributed by atoms with E-state index in [1.54, 1.807) is 6.08 Å². The first-order valence-corrected chi connectivity index (χ1v) is 23.4. The van der Waals surface area contributed by atoms with E-state index in [1.807, 2.05) is 0 Å². The third kappa shape index (κ3) is 16.9. The predicted molar refractivity (Wildman–Crippen MR) is 207 cm³/mol. The number of aliphatic hydroxyl groups excluding tert-OH is 2. The number of aliphatic carboxylic acids is 1. The van der Waals surface area contributed by atoms with Gasteiger partial charge >= 0.3 is 29.4 Å². The van der Waals surface area contributed by atoms with Gasteiger partial charge in [-0.3, -0.25) is 37.3 Å². The number of ether oxygens (including phenoxy) is 1. The van der Waals surface area contributed by atoms with Gasteiger partial charge in [0.25, 0.3) is 0 Å². The highest BCUT2D eigenvalue weighted by Crippen LogP contribution is 2.61. The highest BCUT2D eigenvalue weighted by Gasteiger charge is 2.50. The zero-order valence-corrected chi connectivity index (χ0v) is 35.6. The van der Waals surface area contributed by atoms with Gasteiger partial charge in [-0.15, -0.1) is 0 Å². The lowest BCUT2D eigenvalue weighted by molar-refractivity contribution is -0.137. The zero-order valence-electron chi connectivity index (χ0n) is 32.1. The van der Waals surface area contributed by atoms with E-state index in [2.05, 4.69) is 34.4 Å². The van der Waals surface area contributed by atoms with Crippen molar-refractivity contribution in [2.45, 2.75) is 83.0 Å². The van der Waals surface area contributed by atoms with Gasteiger partial charge in [0.2, 0.25) is 16.9 Å². The normalized spacial score (nSPS) is 21.1. The number of aromatic nitrogens is 4. The third-order valence-corrected chi connectivity index (χ3v) is 12.2. The van der Waals surface area contributed by atoms with Crippen molar-refractivity contribution in [3.63, 3.8) is 0 Å². The number of nitrogens with two attached hydrogens (primary N) is 1. The highest BCUT2D eigenvalue weighted by atomic mass is 32.2. The summed E-state index contributed by atoms with van der Waals surface area (Å²) in [6.45, 7) is 0.346. The van der Waals surface area contributed by atoms with E-state index in [4.69, 9.17) is 24.6 Å². The number of nitrogen functional groups attached to an aromatic ring is 1. The first-order valence-electron chi connectivity index (χ1n) is 17.9. The van der Waals surface area contributed by atoms with E-state index in [-0.39, 0.29) is 53.8 Å². The fourth-order valence-electron chi connectivity index (χ4n) is 5.22. The van der Waals surface area contributed by atoms with Crippen LogP contribution in [0, 0.1) is 5.41 Å². The molecule has 60 heavy (non-hydrogen) atoms. The number of phosphoric acid groups is 3. The molecule has 0 aliphatic carbocycles. The van der Waals surface area contributed by atoms with E-state index in [9.17, 15) is 62.7 Å². The molecule has 0 spiro atoms. The van der Waals surface area contributed by atoms with Crippen LogP contribution in [0.25, 0.3) is 11.2 Å². The largest absolute Gasteiger partial charge is 0.481 e. The number of nitrogens with one attached hydrogen (secondary N) is 2. The van der Waals surface area contributed by atoms with Gasteiger partial charge in [0.05, 0.1) is 19.5 Å². The van der Waals surface area contributed by atoms with Crippen LogP contribution in [0.1, 0.15) is 58.6 Å². The number of hydrogen-bond donors (Lipinski definition) is 10. The number of nitrogens with zero attached hydrogens (tertiary/aromatic N) is 4. The number of unbranched alkanes of at least 4 members (excludes halogenated alkanes) is 3. The van der Waals surface area contributed by atoms with Gasteiger partial charge < -0.3 is 56.0 Å². The minimum Gasteiger partial charge on any atom is -0.481 e. The molecule has 26 nitrogen and oxygen atoms in total. The summed E-state index contributed by atoms with van der Waals surface area (Å²) in [5, 5.41) is 34.7. The molecule has 7 atom stereocenters. The van der Waals surface area contributed by atoms with Crippen molar-refractivity contribution in [1.29, 1.82) is 0 Å². The van der Waals surface area contributed by atoms with Crippen molar-refractivity contribution in [3.05, 3.63) is 24.8 Å². The number of amides is 2. The molecule has 1 saturated heterocycles. The number of phosphoric ester groups is 3. The second-order valence-corrected chi connectivity index (χ2v) is 19.0. The summed E-state index contributed by atoms with van der Waals surface area (Å²) in [5.41, 5.74) is 4.22. The molecule has 0 radical (unpaired) electrons. The fourth-order valence-corrected chi connectivity index (χ4v) is 8.65. The SMILES string of the molecule is CC(C)(COP(=O)(O)OP(=O)(O)OCC1OC(n2cnc3c(N)ncnc32)C(O)C1OP(=O)(O)O)C(O)C(=O)NCCC(=O)NCCSC(=O)/C=C/CCCCCC(=O)O. The maximum atomic E-state index is 12.7. The van der Waals surface area contributed by atoms with Crippen molar-refractivity contribution in [2.24, 2.45) is 5.41 Å². The van der Waals surface area contributed by atoms with Crippen LogP contribution < -0.4 is 16.4 Å². The van der Waals surface area contributed by atoms with E-state index >= 15 is 0 Å². The summed E-state index contributed by atoms with van der Waals surface area (Å²) < 4.78 is 62.1. The molecule has 2 aromatic rings. The summed E-state index contributed by atoms with van der Waals surface area (Å²) in [7, 11) is -16.4. The molecular formula is C30H48N7O19P3S. The van der Waals surface area contributed by atoms with Gasteiger partial charge in [-0.25, -0.2) is 28.6 Å². The lowest BCUT2D eigenvalue weighted by Gasteiger charge is -2.30. The molecule has 1 aliphatic rings. The second-order valence-electron chi connectivity index (χ2n) is 13.6. The maximum absolute atomic E-state index is 12.7. The molecule has 338 valence electrons. The van der Waals surface area contributed by atoms with Crippen LogP contribution in [0.2, 0.25) is 0 Å². The number of fused-ring (bicyclic) bond motifs is 1. The van der Waals surface area contributed by atoms with E-state index in [1.165, 1.54) is 19.9 Å². The number of allylic oxidation sites excluding steroid dienone is 1. The van der Waals surface area contributed by atoms with Crippen LogP contribution in [0.3, 0.4) is 0 Å². The van der Waals surface area contributed by atoms with Crippen LogP contribution in [0.4, 0.5) is 5.82 Å². The van der Waals surface area contributed by atoms with Crippen LogP contribution in [-0.2, 0) is 55.5 Å². The average molecular weight is 936 g/mol. The first-order chi connectivity index (χ1) is 27.9. The third-order valence-electron chi connectivity index (χ3n) is 8.26. The number of aliphatic hydroxyl groups is 2. The number of thioether (sulfide) groups is 1. The molecule has 30 heteroatoms. The monoisotopic (exact) mass is 935 g/mol. The Morgan fingerprint density at radius 1 is 1.02 bits per heavy atom. The fraction of sp³-hybridized carbons (Fsp3) is 0.633. The van der Waals surface area contributed by atoms with Gasteiger partial charge in [0.15, 0.2) is 17.7 Å². The minimum atomic E-state index is -5.59. The Bertz CT molecular complexity index is 1980. The van der Waals surface area contributed by atoms with Gasteiger partial charge in [-0.1, -0.05) is 38.1 Å². The first kappa shape index (κ1) is 51.1. The quantitative estimate of drug-likeness (QED) is 0.0343. The van der Waals surface area contributed by atoms with Crippen LogP contribution in [0.15, 0.2) is 24.8 Å². The number of carbonyl (C=O) groups is 4. The number of anilines is 1. The number of carboxylic acids is 1. The topological polar surface area (TPSA) is 401 Å². The van der Waals surface area contributed by atoms with Crippen molar-refractivity contribution in [1.82, 2.24) is 30.2 Å². The Morgan fingerprint density at radius 2 is 1.72 bits per heavy atom. The number of imidazole rings is 1. The molecule has 1 fully saturated rings. The van der Waals surface area contributed by atoms with Crippen molar-refractivity contribution >= 4 is 75.1 Å². The van der Waals surface area contributed by atoms with Crippen molar-refractivity contribution in [2.75, 3.05) is 37.8 Å². The van der Waals surface area contributed by atoms with E-state index in [0.717, 1.165) is 41.8 Å². The summed E-state index contributed by atoms with van der Waals surface area (Å²) in [4.78, 5) is 98.1. The van der Waals surface area contributed by atoms with Crippen LogP contribution in [0.5, 0.6) is 0 Å². The number of carboxylic acid groups (broad SMARTS) is 1. The molecule has 3 rings (SSSR count). The van der Waals surface area contributed by atoms with Gasteiger partial charge in [-0.05, 0) is 25.3 Å². The van der Waals surface area contributed by atoms with Crippen LogP contribution in [-0.4, -0.2) is 134 Å². The molecule has 0 bridgehead atoms. The second kappa shape index (κ2) is 22.7. The maximum Gasteiger partial charge on any atom is 0.481 e. The number of hydrogen-bond acceptors (Lipinski definition) is 19. The van der Waals surface area contributed by atoms with Gasteiger partial charge in [-0.2, -0.15) is 4.31 Å². The highest BCUT2D eigenvalue weighted by molar-refractivity contribution is 8.14. The van der Waals surface area contributed by atoms with Crippen molar-refractivity contribution in [3.8, 4) is 0 Å². The molecule has 0 saturated carbocycles. The number of rotatable bonds is 26. The lowest BCUT2D eigenvalue weighted by atomic mass is 9.87. The van der Waals surface area contributed by atoms with Crippen molar-refractivity contribution < 1.29 is 90.4 Å². The summed E-state index contributed by atoms with van der Waals surface area (Å²) in [5.74, 6) is -2.10. The molecular weight excluding hydrogens is 887 g/mol. The smallest absolute Gasteiger partial charge is 0.481 e. The van der Waals surface area contributed by atoms with E-state index < -0.39 is 90.5 Å². The predicted octanol–water partition coefficient (Wildman–Crippen LogP) is 0.256. The molecule has 2 amide bonds. The summed E-state index contributed by atoms with van der Waals surface area (Å²) in [6, 6.07) is 0. The van der Waals surface area contributed by atoms with Gasteiger partial charge in [0, 0.05) is 37.1 Å². The Morgan fingerprint density at radius 3 is 2.40 bits per heavy atom. The Hall–Kier alpha value is -3.23. The summed E-state index contributed by atoms with van der Waals surface area (Å²) >= 11 is 0.978. The Balaban J connectivity index is 1.42. The number of carbonyl (C=O) groups excluding carboxylic acids is 3. The standard InChI is InChI=1S/C30H48N7O19P3S/c1-30(2,25(43)28(44)33-11-10-19(38)32-12-13-60-21(41)9-7-5-3-4-6-8-20(39)40)15-53-59(50,51)56-58(48,49)52-14-18-24(55-57(45,46)47)23(42)29(54-18)37-17-36-22-26(31)34-16-35-27(22)37/h7,9,16-18,23-25,29,42-43H,3-6,8,10-15H2,1-2H3,(H,32,38)(H,33,44)(H,39,40)(H,48,49)(H,50,51)(H2,31,34,35)(H2,45,46,47)/b9-7+. The Kier molecular flexibility index (Phi) is 19.4. The molecule has 1 aliphatic heterocycles. The molecule has 11 N–H and O–H groups in total. The molecule has 0 aromatic carbocycles. The summed E-state index contributed by atoms with van der Waals surface area (Å²) in [6.07, 6.45) is -1.14. The average Bonchev–Trinajstić information content (AvgIpc) is 3.70. The zero-order chi connectivity index (χ0) is 44.9. The van der Waals surface area contributed by atoms with Crippen LogP contribution >= 0.6 is 35.2 Å². The molecule has 3 heterocycles. The minimum absolute atomic E-state index is 0.0226. The molecule has 7 unspecified atom stereocenters. The lowest BCUT2D eigenvalue weighted by Crippen LogP contribution is -2.46. The molecule has 2 aromatic heterocycles.